The molecule has 2 saturated heterocycles. The average Bonchev–Trinajstić information content (AvgIpc) is 2.52. The minimum atomic E-state index is 0.281. The van der Waals surface area contributed by atoms with Gasteiger partial charge in [-0.1, -0.05) is 44.0 Å². The number of carbonyl (C=O) groups is 1. The summed E-state index contributed by atoms with van der Waals surface area (Å²) in [6, 6.07) is 8.43. The van der Waals surface area contributed by atoms with E-state index in [2.05, 4.69) is 43.0 Å². The molecule has 0 saturated carbocycles. The number of fused-ring (bicyclic) bond motifs is 2. The molecule has 2 bridgehead atoms. The number of ketones is 1. The highest BCUT2D eigenvalue weighted by Gasteiger charge is 2.35. The molecule has 1 aromatic rings. The minimum Gasteiger partial charge on any atom is -0.294 e. The van der Waals surface area contributed by atoms with Crippen molar-refractivity contribution < 1.29 is 4.79 Å². The van der Waals surface area contributed by atoms with Crippen molar-refractivity contribution in [3.8, 4) is 0 Å². The Kier molecular flexibility index (Phi) is 5.05. The Hall–Kier alpha value is -0.760. The number of hydrogen-bond acceptors (Lipinski definition) is 2. The van der Waals surface area contributed by atoms with Gasteiger partial charge >= 0.3 is 0 Å². The van der Waals surface area contributed by atoms with Crippen molar-refractivity contribution in [2.24, 2.45) is 5.92 Å². The Morgan fingerprint density at radius 1 is 1.14 bits per heavy atom. The van der Waals surface area contributed by atoms with Gasteiger partial charge in [-0.25, -0.2) is 0 Å². The fourth-order valence-electron chi connectivity index (χ4n) is 3.73. The topological polar surface area (TPSA) is 17.1 Å². The van der Waals surface area contributed by atoms with Crippen LogP contribution < -0.4 is 0 Å². The quantitative estimate of drug-likeness (QED) is 0.689. The smallest absolute Gasteiger partial charge is 0.166 e. The number of carbonyl (C=O) groups excluding carboxylic acids is 1. The molecule has 2 heteroatoms. The summed E-state index contributed by atoms with van der Waals surface area (Å²) in [5.41, 5.74) is 2.30. The lowest BCUT2D eigenvalue weighted by molar-refractivity contribution is 0.0896. The predicted octanol–water partition coefficient (Wildman–Crippen LogP) is 5.28. The monoisotopic (exact) mass is 302 g/mol. The first-order chi connectivity index (χ1) is 10.3. The highest BCUT2D eigenvalue weighted by Crippen LogP contribution is 2.44. The molecule has 1 aromatic carbocycles. The Morgan fingerprint density at radius 2 is 1.81 bits per heavy atom. The molecule has 2 aliphatic rings. The molecule has 2 atom stereocenters. The summed E-state index contributed by atoms with van der Waals surface area (Å²) in [5, 5.41) is 1.49. The molecular formula is C19H26OS. The van der Waals surface area contributed by atoms with E-state index in [1.807, 2.05) is 0 Å². The second-order valence-corrected chi connectivity index (χ2v) is 8.25. The molecule has 0 amide bonds. The summed E-state index contributed by atoms with van der Waals surface area (Å²) in [4.78, 5) is 12.7. The van der Waals surface area contributed by atoms with Crippen LogP contribution in [-0.4, -0.2) is 16.3 Å². The van der Waals surface area contributed by atoms with Gasteiger partial charge < -0.3 is 0 Å². The van der Waals surface area contributed by atoms with Gasteiger partial charge in [-0.2, -0.15) is 11.8 Å². The first-order valence-corrected chi connectivity index (χ1v) is 9.49. The van der Waals surface area contributed by atoms with Gasteiger partial charge in [0.05, 0.1) is 0 Å². The molecule has 3 rings (SSSR count). The van der Waals surface area contributed by atoms with Gasteiger partial charge in [-0.05, 0) is 44.1 Å². The van der Waals surface area contributed by atoms with Crippen molar-refractivity contribution >= 4 is 17.5 Å². The highest BCUT2D eigenvalue weighted by atomic mass is 32.2. The molecule has 21 heavy (non-hydrogen) atoms. The van der Waals surface area contributed by atoms with E-state index in [4.69, 9.17) is 0 Å². The number of benzene rings is 1. The zero-order valence-corrected chi connectivity index (χ0v) is 13.8. The third kappa shape index (κ3) is 3.71. The van der Waals surface area contributed by atoms with Crippen molar-refractivity contribution in [3.63, 3.8) is 0 Å². The molecule has 0 spiro atoms. The van der Waals surface area contributed by atoms with E-state index in [1.54, 1.807) is 0 Å². The second-order valence-electron chi connectivity index (χ2n) is 6.64. The Balaban J connectivity index is 1.64. The Bertz CT molecular complexity index is 467. The predicted molar refractivity (Wildman–Crippen MR) is 91.1 cm³/mol. The van der Waals surface area contributed by atoms with Crippen LogP contribution in [0.3, 0.4) is 0 Å². The summed E-state index contributed by atoms with van der Waals surface area (Å²) < 4.78 is 0. The zero-order chi connectivity index (χ0) is 14.7. The van der Waals surface area contributed by atoms with Crippen LogP contribution >= 0.6 is 11.8 Å². The fourth-order valence-corrected chi connectivity index (χ4v) is 5.56. The summed E-state index contributed by atoms with van der Waals surface area (Å²) in [6.45, 7) is 2.22. The molecule has 0 aliphatic carbocycles. The standard InChI is InChI=1S/C19H26OS/c1-2-3-5-14-8-10-15(11-9-14)19(20)16-12-17-6-4-7-18(13-16)21-17/h8-11,16-18H,2-7,12-13H2,1H3. The van der Waals surface area contributed by atoms with Crippen LogP contribution in [0.4, 0.5) is 0 Å². The third-order valence-corrected chi connectivity index (χ3v) is 6.59. The van der Waals surface area contributed by atoms with Crippen LogP contribution in [0.2, 0.25) is 0 Å². The first kappa shape index (κ1) is 15.1. The van der Waals surface area contributed by atoms with Crippen LogP contribution in [0, 0.1) is 5.92 Å². The third-order valence-electron chi connectivity index (χ3n) is 4.96. The van der Waals surface area contributed by atoms with Crippen molar-refractivity contribution in [3.05, 3.63) is 35.4 Å². The van der Waals surface area contributed by atoms with Crippen LogP contribution in [0.25, 0.3) is 0 Å². The van der Waals surface area contributed by atoms with Crippen molar-refractivity contribution in [2.75, 3.05) is 0 Å². The lowest BCUT2D eigenvalue weighted by Gasteiger charge is -2.37. The van der Waals surface area contributed by atoms with Gasteiger partial charge in [0.1, 0.15) is 0 Å². The first-order valence-electron chi connectivity index (χ1n) is 8.55. The molecular weight excluding hydrogens is 276 g/mol. The summed E-state index contributed by atoms with van der Waals surface area (Å²) in [6.07, 6.45) is 9.82. The van der Waals surface area contributed by atoms with Crippen molar-refractivity contribution in [2.45, 2.75) is 68.8 Å². The van der Waals surface area contributed by atoms with Gasteiger partial charge in [0.2, 0.25) is 0 Å². The molecule has 0 N–H and O–H groups in total. The molecule has 0 radical (unpaired) electrons. The van der Waals surface area contributed by atoms with Crippen molar-refractivity contribution in [1.82, 2.24) is 0 Å². The van der Waals surface area contributed by atoms with Crippen LogP contribution in [0.1, 0.15) is 67.8 Å². The lowest BCUT2D eigenvalue weighted by atomic mass is 9.84. The highest BCUT2D eigenvalue weighted by molar-refractivity contribution is 8.00. The molecule has 2 heterocycles. The fraction of sp³-hybridized carbons (Fsp3) is 0.632. The maximum atomic E-state index is 12.7. The van der Waals surface area contributed by atoms with Crippen LogP contribution in [0.15, 0.2) is 24.3 Å². The van der Waals surface area contributed by atoms with Gasteiger partial charge in [0.25, 0.3) is 0 Å². The second kappa shape index (κ2) is 7.00. The van der Waals surface area contributed by atoms with Gasteiger partial charge in [-0.15, -0.1) is 0 Å². The number of hydrogen-bond donors (Lipinski definition) is 0. The average molecular weight is 302 g/mol. The van der Waals surface area contributed by atoms with Gasteiger partial charge in [0.15, 0.2) is 5.78 Å². The minimum absolute atomic E-state index is 0.281. The van der Waals surface area contributed by atoms with E-state index in [9.17, 15) is 4.79 Å². The Morgan fingerprint density at radius 3 is 2.43 bits per heavy atom. The zero-order valence-electron chi connectivity index (χ0n) is 13.0. The van der Waals surface area contributed by atoms with Gasteiger partial charge in [-0.3, -0.25) is 4.79 Å². The molecule has 0 aromatic heterocycles. The molecule has 2 fully saturated rings. The largest absolute Gasteiger partial charge is 0.294 e. The van der Waals surface area contributed by atoms with E-state index >= 15 is 0 Å². The van der Waals surface area contributed by atoms with E-state index in [0.29, 0.717) is 5.78 Å². The SMILES string of the molecule is CCCCc1ccc(C(=O)C2CC3CCCC(C2)S3)cc1. The lowest BCUT2D eigenvalue weighted by Crippen LogP contribution is -2.32. The molecule has 114 valence electrons. The number of rotatable bonds is 5. The summed E-state index contributed by atoms with van der Waals surface area (Å²) in [5.74, 6) is 0.678. The number of aryl methyl sites for hydroxylation is 1. The Labute approximate surface area is 132 Å². The molecule has 2 unspecified atom stereocenters. The molecule has 1 nitrogen and oxygen atoms in total. The maximum Gasteiger partial charge on any atom is 0.166 e. The van der Waals surface area contributed by atoms with Crippen LogP contribution in [0.5, 0.6) is 0 Å². The van der Waals surface area contributed by atoms with Crippen molar-refractivity contribution in [1.29, 1.82) is 0 Å². The summed E-state index contributed by atoms with van der Waals surface area (Å²) in [7, 11) is 0. The summed E-state index contributed by atoms with van der Waals surface area (Å²) >= 11 is 2.15. The van der Waals surface area contributed by atoms with Crippen LogP contribution in [-0.2, 0) is 6.42 Å². The number of unbranched alkanes of at least 4 members (excludes halogenated alkanes) is 1. The van der Waals surface area contributed by atoms with E-state index in [-0.39, 0.29) is 5.92 Å². The normalized spacial score (nSPS) is 28.3. The van der Waals surface area contributed by atoms with Gasteiger partial charge in [0, 0.05) is 22.0 Å². The maximum absolute atomic E-state index is 12.7. The van der Waals surface area contributed by atoms with E-state index < -0.39 is 0 Å². The number of thioether (sulfide) groups is 1. The van der Waals surface area contributed by atoms with E-state index in [1.165, 1.54) is 37.7 Å². The van der Waals surface area contributed by atoms with E-state index in [0.717, 1.165) is 35.3 Å². The molecule has 2 aliphatic heterocycles. The number of Topliss-reactive ketones (excluding diaryl/α,β-unsaturated/α-hetero) is 1.